The number of sulfonamides is 1. The highest BCUT2D eigenvalue weighted by atomic mass is 127. The molecule has 2 heterocycles. The Bertz CT molecular complexity index is 1230. The van der Waals surface area contributed by atoms with E-state index in [1.165, 1.54) is 30.6 Å². The summed E-state index contributed by atoms with van der Waals surface area (Å²) >= 11 is 3.53. The van der Waals surface area contributed by atoms with Crippen molar-refractivity contribution in [1.29, 1.82) is 0 Å². The summed E-state index contributed by atoms with van der Waals surface area (Å²) in [5, 5.41) is 1.84. The highest BCUT2D eigenvalue weighted by molar-refractivity contribution is 14.1. The van der Waals surface area contributed by atoms with Gasteiger partial charge in [-0.15, -0.1) is 11.3 Å². The van der Waals surface area contributed by atoms with Crippen LogP contribution in [0.3, 0.4) is 0 Å². The van der Waals surface area contributed by atoms with Gasteiger partial charge in [-0.1, -0.05) is 6.07 Å². The maximum Gasteiger partial charge on any atom is 0.252 e. The third-order valence-electron chi connectivity index (χ3n) is 5.11. The van der Waals surface area contributed by atoms with E-state index in [2.05, 4.69) is 22.6 Å². The number of methoxy groups -OCH3 is 1. The standard InChI is InChI=1S/C22H19IN2O5S2/c1-30-17-8-10-19(11-9-17)32(28,29)24(14-18-3-2-12-31-18)20-13-21(26)25(22(20)27)16-6-4-15(23)5-7-16/h2-12,20H,13-14H2,1H3. The van der Waals surface area contributed by atoms with Gasteiger partial charge in [0.2, 0.25) is 15.9 Å². The van der Waals surface area contributed by atoms with E-state index < -0.39 is 27.9 Å². The molecule has 7 nitrogen and oxygen atoms in total. The van der Waals surface area contributed by atoms with Crippen LogP contribution in [0.1, 0.15) is 11.3 Å². The number of amides is 2. The average molecular weight is 582 g/mol. The fourth-order valence-corrected chi connectivity index (χ4v) is 6.21. The summed E-state index contributed by atoms with van der Waals surface area (Å²) in [6.45, 7) is -0.00373. The Morgan fingerprint density at radius 2 is 1.78 bits per heavy atom. The highest BCUT2D eigenvalue weighted by Crippen LogP contribution is 2.32. The Morgan fingerprint density at radius 1 is 1.09 bits per heavy atom. The van der Waals surface area contributed by atoms with Gasteiger partial charge in [0.1, 0.15) is 11.8 Å². The summed E-state index contributed by atoms with van der Waals surface area (Å²) in [6, 6.07) is 15.4. The molecule has 3 aromatic rings. The molecule has 1 aliphatic rings. The van der Waals surface area contributed by atoms with Crippen LogP contribution < -0.4 is 9.64 Å². The molecule has 0 saturated carbocycles. The fourth-order valence-electron chi connectivity index (χ4n) is 3.50. The van der Waals surface area contributed by atoms with Crippen LogP contribution in [0.15, 0.2) is 70.9 Å². The molecule has 10 heteroatoms. The molecule has 1 atom stereocenters. The molecule has 32 heavy (non-hydrogen) atoms. The smallest absolute Gasteiger partial charge is 0.252 e. The SMILES string of the molecule is COc1ccc(S(=O)(=O)N(Cc2cccs2)C2CC(=O)N(c3ccc(I)cc3)C2=O)cc1. The second kappa shape index (κ2) is 9.30. The van der Waals surface area contributed by atoms with Crippen molar-refractivity contribution >= 4 is 61.5 Å². The first-order chi connectivity index (χ1) is 15.3. The normalized spacial score (nSPS) is 16.7. The van der Waals surface area contributed by atoms with Crippen LogP contribution in [-0.2, 0) is 26.2 Å². The summed E-state index contributed by atoms with van der Waals surface area (Å²) in [5.74, 6) is -0.460. The third-order valence-corrected chi connectivity index (χ3v) is 8.56. The molecule has 1 saturated heterocycles. The van der Waals surface area contributed by atoms with Gasteiger partial charge in [-0.05, 0) is 82.6 Å². The summed E-state index contributed by atoms with van der Waals surface area (Å²) in [5.41, 5.74) is 0.431. The lowest BCUT2D eigenvalue weighted by Gasteiger charge is -2.26. The first kappa shape index (κ1) is 22.9. The summed E-state index contributed by atoms with van der Waals surface area (Å²) in [6.07, 6.45) is -0.217. The van der Waals surface area contributed by atoms with Gasteiger partial charge in [0.25, 0.3) is 5.91 Å². The number of carbonyl (C=O) groups excluding carboxylic acids is 2. The Morgan fingerprint density at radius 3 is 2.38 bits per heavy atom. The first-order valence-corrected chi connectivity index (χ1v) is 13.0. The number of anilines is 1. The van der Waals surface area contributed by atoms with Crippen LogP contribution in [0.4, 0.5) is 5.69 Å². The molecule has 0 spiro atoms. The van der Waals surface area contributed by atoms with Crippen LogP contribution in [0, 0.1) is 3.57 Å². The molecule has 0 bridgehead atoms. The van der Waals surface area contributed by atoms with Gasteiger partial charge >= 0.3 is 0 Å². The van der Waals surface area contributed by atoms with E-state index in [-0.39, 0.29) is 17.9 Å². The summed E-state index contributed by atoms with van der Waals surface area (Å²) in [7, 11) is -2.58. The van der Waals surface area contributed by atoms with Gasteiger partial charge in [0.05, 0.1) is 24.1 Å². The molecule has 4 rings (SSSR count). The Balaban J connectivity index is 1.72. The zero-order valence-corrected chi connectivity index (χ0v) is 20.8. The Hall–Kier alpha value is -2.28. The number of rotatable bonds is 7. The molecular formula is C22H19IN2O5S2. The predicted octanol–water partition coefficient (Wildman–Crippen LogP) is 3.88. The van der Waals surface area contributed by atoms with Crippen molar-refractivity contribution in [3.05, 3.63) is 74.5 Å². The molecule has 2 aromatic carbocycles. The van der Waals surface area contributed by atoms with Crippen LogP contribution in [0.2, 0.25) is 0 Å². The van der Waals surface area contributed by atoms with Crippen molar-refractivity contribution < 1.29 is 22.7 Å². The van der Waals surface area contributed by atoms with Gasteiger partial charge in [-0.25, -0.2) is 13.3 Å². The van der Waals surface area contributed by atoms with Crippen LogP contribution in [0.25, 0.3) is 0 Å². The van der Waals surface area contributed by atoms with Crippen molar-refractivity contribution in [3.63, 3.8) is 0 Å². The number of nitrogens with zero attached hydrogens (tertiary/aromatic N) is 2. The molecule has 1 unspecified atom stereocenters. The molecule has 0 aliphatic carbocycles. The van der Waals surface area contributed by atoms with Gasteiger partial charge in [0.15, 0.2) is 0 Å². The van der Waals surface area contributed by atoms with Crippen LogP contribution in [-0.4, -0.2) is 37.7 Å². The van der Waals surface area contributed by atoms with E-state index >= 15 is 0 Å². The highest BCUT2D eigenvalue weighted by Gasteiger charge is 2.47. The van der Waals surface area contributed by atoms with Gasteiger partial charge in [-0.2, -0.15) is 4.31 Å². The van der Waals surface area contributed by atoms with Crippen molar-refractivity contribution in [2.45, 2.75) is 23.9 Å². The Kier molecular flexibility index (Phi) is 6.65. The fraction of sp³-hybridized carbons (Fsp3) is 0.182. The minimum atomic E-state index is -4.07. The van der Waals surface area contributed by atoms with E-state index in [0.29, 0.717) is 11.4 Å². The molecule has 1 aliphatic heterocycles. The van der Waals surface area contributed by atoms with Crippen LogP contribution >= 0.6 is 33.9 Å². The quantitative estimate of drug-likeness (QED) is 0.312. The van der Waals surface area contributed by atoms with E-state index in [4.69, 9.17) is 4.74 Å². The molecular weight excluding hydrogens is 563 g/mol. The largest absolute Gasteiger partial charge is 0.497 e. The van der Waals surface area contributed by atoms with Crippen molar-refractivity contribution in [1.82, 2.24) is 4.31 Å². The first-order valence-electron chi connectivity index (χ1n) is 9.62. The number of hydrogen-bond acceptors (Lipinski definition) is 6. The monoisotopic (exact) mass is 582 g/mol. The second-order valence-corrected chi connectivity index (χ2v) is 11.2. The maximum atomic E-state index is 13.6. The Labute approximate surface area is 203 Å². The topological polar surface area (TPSA) is 84.0 Å². The lowest BCUT2D eigenvalue weighted by Crippen LogP contribution is -2.44. The van der Waals surface area contributed by atoms with E-state index in [1.54, 1.807) is 42.5 Å². The number of imide groups is 1. The molecule has 1 fully saturated rings. The molecule has 0 N–H and O–H groups in total. The van der Waals surface area contributed by atoms with Gasteiger partial charge in [-0.3, -0.25) is 9.59 Å². The number of ether oxygens (including phenoxy) is 1. The number of halogens is 1. The van der Waals surface area contributed by atoms with E-state index in [0.717, 1.165) is 17.7 Å². The minimum Gasteiger partial charge on any atom is -0.497 e. The van der Waals surface area contributed by atoms with Crippen molar-refractivity contribution in [2.75, 3.05) is 12.0 Å². The molecule has 2 amide bonds. The maximum absolute atomic E-state index is 13.6. The second-order valence-electron chi connectivity index (χ2n) is 7.07. The van der Waals surface area contributed by atoms with Gasteiger partial charge in [0, 0.05) is 15.0 Å². The van der Waals surface area contributed by atoms with E-state index in [9.17, 15) is 18.0 Å². The lowest BCUT2D eigenvalue weighted by atomic mass is 10.2. The molecule has 0 radical (unpaired) electrons. The third kappa shape index (κ3) is 4.45. The van der Waals surface area contributed by atoms with Crippen molar-refractivity contribution in [3.8, 4) is 5.75 Å². The molecule has 166 valence electrons. The van der Waals surface area contributed by atoms with Crippen molar-refractivity contribution in [2.24, 2.45) is 0 Å². The van der Waals surface area contributed by atoms with E-state index in [1.807, 2.05) is 11.4 Å². The molecule has 1 aromatic heterocycles. The zero-order valence-electron chi connectivity index (χ0n) is 17.0. The zero-order chi connectivity index (χ0) is 22.9. The van der Waals surface area contributed by atoms with Gasteiger partial charge < -0.3 is 4.74 Å². The average Bonchev–Trinajstić information content (AvgIpc) is 3.40. The summed E-state index contributed by atoms with van der Waals surface area (Å²) < 4.78 is 34.4. The lowest BCUT2D eigenvalue weighted by molar-refractivity contribution is -0.122. The summed E-state index contributed by atoms with van der Waals surface area (Å²) in [4.78, 5) is 28.0. The number of carbonyl (C=O) groups is 2. The minimum absolute atomic E-state index is 0.00373. The van der Waals surface area contributed by atoms with Crippen LogP contribution in [0.5, 0.6) is 5.75 Å². The number of hydrogen-bond donors (Lipinski definition) is 0. The number of benzene rings is 2. The number of thiophene rings is 1. The predicted molar refractivity (Wildman–Crippen MR) is 130 cm³/mol.